The quantitative estimate of drug-likeness (QED) is 0.376. The summed E-state index contributed by atoms with van der Waals surface area (Å²) in [4.78, 5) is 21.8. The van der Waals surface area contributed by atoms with Crippen molar-refractivity contribution < 1.29 is 22.7 Å². The van der Waals surface area contributed by atoms with Crippen molar-refractivity contribution in [2.45, 2.75) is 38.9 Å². The Morgan fingerprint density at radius 3 is 2.79 bits per heavy atom. The van der Waals surface area contributed by atoms with Gasteiger partial charge in [-0.2, -0.15) is 13.2 Å². The Balaban J connectivity index is 1.76. The third-order valence-electron chi connectivity index (χ3n) is 4.01. The van der Waals surface area contributed by atoms with Crippen LogP contribution in [0.15, 0.2) is 23.3 Å². The zero-order valence-corrected chi connectivity index (χ0v) is 15.9. The highest BCUT2D eigenvalue weighted by Crippen LogP contribution is 2.17. The molecule has 2 N–H and O–H groups in total. The van der Waals surface area contributed by atoms with E-state index < -0.39 is 12.8 Å². The van der Waals surface area contributed by atoms with Crippen LogP contribution in [0.5, 0.6) is 5.88 Å². The number of pyridine rings is 1. The number of guanidine groups is 1. The topological polar surface area (TPSA) is 78.9 Å². The third-order valence-corrected chi connectivity index (χ3v) is 4.01. The van der Waals surface area contributed by atoms with Crippen molar-refractivity contribution in [1.82, 2.24) is 20.5 Å². The molecule has 156 valence electrons. The Bertz CT molecular complexity index is 650. The highest BCUT2D eigenvalue weighted by molar-refractivity contribution is 5.79. The maximum Gasteiger partial charge on any atom is 0.422 e. The molecule has 7 nitrogen and oxygen atoms in total. The number of hydrogen-bond acceptors (Lipinski definition) is 4. The van der Waals surface area contributed by atoms with E-state index in [0.29, 0.717) is 32.0 Å². The number of amides is 1. The smallest absolute Gasteiger partial charge is 0.422 e. The van der Waals surface area contributed by atoms with Gasteiger partial charge in [-0.25, -0.2) is 9.98 Å². The van der Waals surface area contributed by atoms with Crippen molar-refractivity contribution in [2.75, 3.05) is 32.8 Å². The van der Waals surface area contributed by atoms with Crippen molar-refractivity contribution in [3.63, 3.8) is 0 Å². The first-order valence-corrected chi connectivity index (χ1v) is 9.32. The molecule has 0 atom stereocenters. The molecule has 0 radical (unpaired) electrons. The van der Waals surface area contributed by atoms with Crippen LogP contribution in [-0.2, 0) is 11.3 Å². The van der Waals surface area contributed by atoms with Crippen molar-refractivity contribution in [2.24, 2.45) is 4.99 Å². The van der Waals surface area contributed by atoms with E-state index >= 15 is 0 Å². The van der Waals surface area contributed by atoms with Gasteiger partial charge >= 0.3 is 6.18 Å². The van der Waals surface area contributed by atoms with E-state index in [1.54, 1.807) is 6.07 Å². The van der Waals surface area contributed by atoms with E-state index in [4.69, 9.17) is 0 Å². The van der Waals surface area contributed by atoms with Crippen LogP contribution in [0, 0.1) is 0 Å². The number of hydrogen-bond donors (Lipinski definition) is 2. The average molecular weight is 401 g/mol. The molecule has 1 amide bonds. The van der Waals surface area contributed by atoms with E-state index in [1.165, 1.54) is 12.3 Å². The van der Waals surface area contributed by atoms with Crippen LogP contribution in [0.2, 0.25) is 0 Å². The number of halogens is 3. The van der Waals surface area contributed by atoms with Gasteiger partial charge in [-0.05, 0) is 25.3 Å². The summed E-state index contributed by atoms with van der Waals surface area (Å²) >= 11 is 0. The number of rotatable bonds is 9. The van der Waals surface area contributed by atoms with E-state index in [0.717, 1.165) is 31.5 Å². The predicted molar refractivity (Wildman–Crippen MR) is 99.0 cm³/mol. The molecule has 2 heterocycles. The van der Waals surface area contributed by atoms with Crippen LogP contribution in [0.25, 0.3) is 0 Å². The molecule has 0 bridgehead atoms. The van der Waals surface area contributed by atoms with Crippen LogP contribution in [-0.4, -0.2) is 60.7 Å². The molecule has 0 spiro atoms. The van der Waals surface area contributed by atoms with Gasteiger partial charge in [0.1, 0.15) is 0 Å². The number of aliphatic imine (C=N–C) groups is 1. The van der Waals surface area contributed by atoms with Gasteiger partial charge in [0.15, 0.2) is 12.6 Å². The monoisotopic (exact) mass is 401 g/mol. The van der Waals surface area contributed by atoms with E-state index in [9.17, 15) is 18.0 Å². The van der Waals surface area contributed by atoms with Crippen molar-refractivity contribution >= 4 is 11.9 Å². The first-order chi connectivity index (χ1) is 13.4. The van der Waals surface area contributed by atoms with Crippen LogP contribution in [0.1, 0.15) is 31.7 Å². The SMILES string of the molecule is CCNC(=NCc1ccc(OCC(F)(F)F)nc1)NCCCN1CCCC1=O. The fourth-order valence-electron chi connectivity index (χ4n) is 2.67. The lowest BCUT2D eigenvalue weighted by Crippen LogP contribution is -2.39. The van der Waals surface area contributed by atoms with E-state index in [-0.39, 0.29) is 11.8 Å². The minimum Gasteiger partial charge on any atom is -0.468 e. The molecule has 2 rings (SSSR count). The van der Waals surface area contributed by atoms with E-state index in [2.05, 4.69) is 25.3 Å². The molecule has 0 unspecified atom stereocenters. The zero-order chi connectivity index (χ0) is 20.4. The Morgan fingerprint density at radius 2 is 2.18 bits per heavy atom. The summed E-state index contributed by atoms with van der Waals surface area (Å²) in [6.45, 7) is 3.85. The third kappa shape index (κ3) is 8.01. The highest BCUT2D eigenvalue weighted by Gasteiger charge is 2.28. The lowest BCUT2D eigenvalue weighted by Gasteiger charge is -2.16. The van der Waals surface area contributed by atoms with Crippen molar-refractivity contribution in [3.8, 4) is 5.88 Å². The summed E-state index contributed by atoms with van der Waals surface area (Å²) in [5, 5.41) is 6.34. The van der Waals surface area contributed by atoms with Crippen LogP contribution in [0.3, 0.4) is 0 Å². The zero-order valence-electron chi connectivity index (χ0n) is 15.9. The van der Waals surface area contributed by atoms with Crippen molar-refractivity contribution in [3.05, 3.63) is 23.9 Å². The number of carbonyl (C=O) groups excluding carboxylic acids is 1. The molecule has 1 aliphatic heterocycles. The standard InChI is InChI=1S/C18H26F3N5O2/c1-2-22-17(23-8-4-10-26-9-3-5-16(26)27)25-12-14-6-7-15(24-11-14)28-13-18(19,20)21/h6-7,11H,2-5,8-10,12-13H2,1H3,(H2,22,23,25). The van der Waals surface area contributed by atoms with Crippen LogP contribution < -0.4 is 15.4 Å². The second-order valence-electron chi connectivity index (χ2n) is 6.37. The predicted octanol–water partition coefficient (Wildman–Crippen LogP) is 2.09. The fourth-order valence-corrected chi connectivity index (χ4v) is 2.67. The minimum absolute atomic E-state index is 0.0773. The Kier molecular flexibility index (Phi) is 8.34. The molecule has 0 aromatic carbocycles. The van der Waals surface area contributed by atoms with Gasteiger partial charge in [0, 0.05) is 44.9 Å². The molecule has 28 heavy (non-hydrogen) atoms. The second-order valence-corrected chi connectivity index (χ2v) is 6.37. The van der Waals surface area contributed by atoms with Gasteiger partial charge in [-0.3, -0.25) is 4.79 Å². The molecule has 1 aromatic rings. The Morgan fingerprint density at radius 1 is 1.36 bits per heavy atom. The number of likely N-dealkylation sites (tertiary alicyclic amines) is 1. The molecular formula is C18H26F3N5O2. The minimum atomic E-state index is -4.39. The maximum atomic E-state index is 12.1. The molecule has 1 fully saturated rings. The summed E-state index contributed by atoms with van der Waals surface area (Å²) in [7, 11) is 0. The molecule has 10 heteroatoms. The molecule has 0 saturated carbocycles. The summed E-state index contributed by atoms with van der Waals surface area (Å²) in [5.41, 5.74) is 0.749. The first kappa shape index (κ1) is 21.8. The fraction of sp³-hybridized carbons (Fsp3) is 0.611. The lowest BCUT2D eigenvalue weighted by molar-refractivity contribution is -0.154. The summed E-state index contributed by atoms with van der Waals surface area (Å²) in [6.07, 6.45) is -0.546. The molecule has 0 aliphatic carbocycles. The normalized spacial score (nSPS) is 15.1. The second kappa shape index (κ2) is 10.7. The Hall–Kier alpha value is -2.52. The average Bonchev–Trinajstić information content (AvgIpc) is 3.06. The van der Waals surface area contributed by atoms with E-state index in [1.807, 2.05) is 11.8 Å². The van der Waals surface area contributed by atoms with Gasteiger partial charge in [-0.1, -0.05) is 6.07 Å². The lowest BCUT2D eigenvalue weighted by atomic mass is 10.3. The van der Waals surface area contributed by atoms with Crippen LogP contribution >= 0.6 is 0 Å². The maximum absolute atomic E-state index is 12.1. The van der Waals surface area contributed by atoms with Gasteiger partial charge < -0.3 is 20.3 Å². The first-order valence-electron chi connectivity index (χ1n) is 9.32. The Labute approximate surface area is 162 Å². The number of carbonyl (C=O) groups is 1. The van der Waals surface area contributed by atoms with Gasteiger partial charge in [-0.15, -0.1) is 0 Å². The molecular weight excluding hydrogens is 375 g/mol. The number of alkyl halides is 3. The summed E-state index contributed by atoms with van der Waals surface area (Å²) < 4.78 is 41.0. The largest absolute Gasteiger partial charge is 0.468 e. The number of nitrogens with one attached hydrogen (secondary N) is 2. The van der Waals surface area contributed by atoms with Gasteiger partial charge in [0.05, 0.1) is 6.54 Å². The number of nitrogens with zero attached hydrogens (tertiary/aromatic N) is 3. The van der Waals surface area contributed by atoms with Gasteiger partial charge in [0.25, 0.3) is 0 Å². The highest BCUT2D eigenvalue weighted by atomic mass is 19.4. The molecule has 1 saturated heterocycles. The summed E-state index contributed by atoms with van der Waals surface area (Å²) in [5.74, 6) is 0.773. The summed E-state index contributed by atoms with van der Waals surface area (Å²) in [6, 6.07) is 3.02. The molecule has 1 aliphatic rings. The van der Waals surface area contributed by atoms with Crippen molar-refractivity contribution in [1.29, 1.82) is 0 Å². The van der Waals surface area contributed by atoms with Crippen LogP contribution in [0.4, 0.5) is 13.2 Å². The molecule has 1 aromatic heterocycles. The number of aromatic nitrogens is 1. The van der Waals surface area contributed by atoms with Gasteiger partial charge in [0.2, 0.25) is 11.8 Å². The number of ether oxygens (including phenoxy) is 1.